The number of carbonyl (C=O) groups is 2. The van der Waals surface area contributed by atoms with Crippen LogP contribution in [0.3, 0.4) is 0 Å². The first-order valence-corrected chi connectivity index (χ1v) is 3.66. The Balaban J connectivity index is 3.66. The van der Waals surface area contributed by atoms with E-state index in [9.17, 15) is 9.59 Å². The van der Waals surface area contributed by atoms with Gasteiger partial charge in [-0.05, 0) is 13.3 Å². The Labute approximate surface area is 66.1 Å². The largest absolute Gasteiger partial charge is 0.368 e. The lowest BCUT2D eigenvalue weighted by atomic mass is 10.3. The summed E-state index contributed by atoms with van der Waals surface area (Å²) in [4.78, 5) is 21.3. The lowest BCUT2D eigenvalue weighted by Gasteiger charge is -2.08. The summed E-state index contributed by atoms with van der Waals surface area (Å²) >= 11 is 0. The quantitative estimate of drug-likeness (QED) is 0.593. The number of hydrogen-bond donors (Lipinski definition) is 2. The van der Waals surface area contributed by atoms with E-state index < -0.39 is 11.9 Å². The smallest absolute Gasteiger partial charge is 0.239 e. The average molecular weight is 158 g/mol. The van der Waals surface area contributed by atoms with E-state index in [1.54, 1.807) is 6.92 Å². The molecule has 0 aromatic rings. The highest BCUT2D eigenvalue weighted by Gasteiger charge is 2.10. The van der Waals surface area contributed by atoms with Crippen molar-refractivity contribution in [2.45, 2.75) is 32.7 Å². The molecular weight excluding hydrogens is 144 g/mol. The van der Waals surface area contributed by atoms with Crippen LogP contribution in [0.2, 0.25) is 0 Å². The highest BCUT2D eigenvalue weighted by molar-refractivity contribution is 5.86. The minimum absolute atomic E-state index is 0.126. The lowest BCUT2D eigenvalue weighted by Crippen LogP contribution is -2.42. The van der Waals surface area contributed by atoms with Crippen molar-refractivity contribution < 1.29 is 9.59 Å². The number of nitrogens with one attached hydrogen (secondary N) is 1. The Bertz CT molecular complexity index is 157. The number of rotatable bonds is 4. The molecule has 0 aromatic heterocycles. The number of nitrogens with two attached hydrogens (primary N) is 1. The molecule has 11 heavy (non-hydrogen) atoms. The van der Waals surface area contributed by atoms with E-state index in [1.165, 1.54) is 0 Å². The summed E-state index contributed by atoms with van der Waals surface area (Å²) in [7, 11) is 0. The van der Waals surface area contributed by atoms with Gasteiger partial charge >= 0.3 is 0 Å². The summed E-state index contributed by atoms with van der Waals surface area (Å²) < 4.78 is 0. The van der Waals surface area contributed by atoms with Gasteiger partial charge in [0.25, 0.3) is 0 Å². The third-order valence-corrected chi connectivity index (χ3v) is 1.28. The fraction of sp³-hybridized carbons (Fsp3) is 0.714. The summed E-state index contributed by atoms with van der Waals surface area (Å²) in [5.41, 5.74) is 4.93. The fourth-order valence-electron chi connectivity index (χ4n) is 0.612. The van der Waals surface area contributed by atoms with Gasteiger partial charge < -0.3 is 11.1 Å². The van der Waals surface area contributed by atoms with Crippen molar-refractivity contribution in [2.75, 3.05) is 0 Å². The van der Waals surface area contributed by atoms with Crippen LogP contribution in [-0.2, 0) is 9.59 Å². The standard InChI is InChI=1S/C7H14N2O2/c1-3-4-6(10)9-5(2)7(8)11/h5H,3-4H2,1-2H3,(H2,8,11)(H,9,10)/t5-/m0/s1. The zero-order chi connectivity index (χ0) is 8.85. The Morgan fingerprint density at radius 1 is 1.55 bits per heavy atom. The molecule has 64 valence electrons. The zero-order valence-electron chi connectivity index (χ0n) is 6.89. The SMILES string of the molecule is CCCC(=O)N[C@@H](C)C(N)=O. The predicted molar refractivity (Wildman–Crippen MR) is 41.7 cm³/mol. The van der Waals surface area contributed by atoms with Crippen molar-refractivity contribution in [1.29, 1.82) is 0 Å². The number of carbonyl (C=O) groups excluding carboxylic acids is 2. The van der Waals surface area contributed by atoms with Gasteiger partial charge in [0.05, 0.1) is 0 Å². The molecule has 0 unspecified atom stereocenters. The van der Waals surface area contributed by atoms with Gasteiger partial charge in [-0.3, -0.25) is 9.59 Å². The third kappa shape index (κ3) is 4.36. The second-order valence-corrected chi connectivity index (χ2v) is 2.44. The monoisotopic (exact) mass is 158 g/mol. The second kappa shape index (κ2) is 4.71. The van der Waals surface area contributed by atoms with Crippen LogP contribution in [0.25, 0.3) is 0 Å². The van der Waals surface area contributed by atoms with Gasteiger partial charge in [-0.1, -0.05) is 6.92 Å². The molecular formula is C7H14N2O2. The fourth-order valence-corrected chi connectivity index (χ4v) is 0.612. The first kappa shape index (κ1) is 9.94. The van der Waals surface area contributed by atoms with Gasteiger partial charge in [-0.15, -0.1) is 0 Å². The summed E-state index contributed by atoms with van der Waals surface area (Å²) in [5, 5.41) is 2.47. The molecule has 0 aromatic carbocycles. The van der Waals surface area contributed by atoms with Gasteiger partial charge in [0.2, 0.25) is 11.8 Å². The molecule has 0 saturated heterocycles. The van der Waals surface area contributed by atoms with Crippen molar-refractivity contribution in [3.05, 3.63) is 0 Å². The minimum Gasteiger partial charge on any atom is -0.368 e. The van der Waals surface area contributed by atoms with Gasteiger partial charge in [0.15, 0.2) is 0 Å². The van der Waals surface area contributed by atoms with Crippen LogP contribution in [0.15, 0.2) is 0 Å². The zero-order valence-corrected chi connectivity index (χ0v) is 6.89. The summed E-state index contributed by atoms with van der Waals surface area (Å²) in [6, 6.07) is -0.561. The predicted octanol–water partition coefficient (Wildman–Crippen LogP) is -0.223. The maximum absolute atomic E-state index is 10.8. The van der Waals surface area contributed by atoms with E-state index in [2.05, 4.69) is 5.32 Å². The van der Waals surface area contributed by atoms with Gasteiger partial charge in [0.1, 0.15) is 6.04 Å². The molecule has 0 radical (unpaired) electrons. The average Bonchev–Trinajstić information content (AvgIpc) is 1.87. The molecule has 0 heterocycles. The summed E-state index contributed by atoms with van der Waals surface area (Å²) in [6.45, 7) is 3.46. The lowest BCUT2D eigenvalue weighted by molar-refractivity contribution is -0.127. The van der Waals surface area contributed by atoms with Gasteiger partial charge in [-0.2, -0.15) is 0 Å². The van der Waals surface area contributed by atoms with E-state index in [1.807, 2.05) is 6.92 Å². The minimum atomic E-state index is -0.561. The van der Waals surface area contributed by atoms with E-state index in [0.717, 1.165) is 6.42 Å². The molecule has 1 atom stereocenters. The molecule has 0 aliphatic rings. The van der Waals surface area contributed by atoms with Crippen LogP contribution in [0.1, 0.15) is 26.7 Å². The Morgan fingerprint density at radius 2 is 2.09 bits per heavy atom. The van der Waals surface area contributed by atoms with Crippen molar-refractivity contribution in [1.82, 2.24) is 5.32 Å². The molecule has 4 nitrogen and oxygen atoms in total. The number of primary amides is 1. The Morgan fingerprint density at radius 3 is 2.45 bits per heavy atom. The molecule has 4 heteroatoms. The van der Waals surface area contributed by atoms with Crippen molar-refractivity contribution in [3.63, 3.8) is 0 Å². The van der Waals surface area contributed by atoms with Crippen molar-refractivity contribution >= 4 is 11.8 Å². The number of hydrogen-bond acceptors (Lipinski definition) is 2. The molecule has 0 bridgehead atoms. The second-order valence-electron chi connectivity index (χ2n) is 2.44. The van der Waals surface area contributed by atoms with Crippen molar-refractivity contribution in [2.24, 2.45) is 5.73 Å². The van der Waals surface area contributed by atoms with E-state index >= 15 is 0 Å². The van der Waals surface area contributed by atoms with Crippen LogP contribution in [0.4, 0.5) is 0 Å². The number of amides is 2. The van der Waals surface area contributed by atoms with Crippen LogP contribution in [0.5, 0.6) is 0 Å². The van der Waals surface area contributed by atoms with E-state index in [4.69, 9.17) is 5.73 Å². The molecule has 0 aliphatic carbocycles. The van der Waals surface area contributed by atoms with Crippen molar-refractivity contribution in [3.8, 4) is 0 Å². The molecule has 0 spiro atoms. The third-order valence-electron chi connectivity index (χ3n) is 1.28. The maximum Gasteiger partial charge on any atom is 0.239 e. The highest BCUT2D eigenvalue weighted by Crippen LogP contribution is 1.87. The highest BCUT2D eigenvalue weighted by atomic mass is 16.2. The maximum atomic E-state index is 10.8. The topological polar surface area (TPSA) is 72.2 Å². The van der Waals surface area contributed by atoms with Crippen LogP contribution < -0.4 is 11.1 Å². The van der Waals surface area contributed by atoms with Gasteiger partial charge in [-0.25, -0.2) is 0 Å². The van der Waals surface area contributed by atoms with E-state index in [-0.39, 0.29) is 5.91 Å². The molecule has 2 amide bonds. The molecule has 0 saturated carbocycles. The van der Waals surface area contributed by atoms with E-state index in [0.29, 0.717) is 6.42 Å². The van der Waals surface area contributed by atoms with Gasteiger partial charge in [0, 0.05) is 6.42 Å². The normalized spacial score (nSPS) is 12.2. The molecule has 3 N–H and O–H groups in total. The van der Waals surface area contributed by atoms with Crippen LogP contribution in [-0.4, -0.2) is 17.9 Å². The summed E-state index contributed by atoms with van der Waals surface area (Å²) in [6.07, 6.45) is 1.22. The molecule has 0 fully saturated rings. The summed E-state index contributed by atoms with van der Waals surface area (Å²) in [5.74, 6) is -0.631. The Kier molecular flexibility index (Phi) is 4.26. The molecule has 0 aliphatic heterocycles. The first-order chi connectivity index (χ1) is 5.07. The Hall–Kier alpha value is -1.06. The van der Waals surface area contributed by atoms with Crippen LogP contribution in [0, 0.1) is 0 Å². The molecule has 0 rings (SSSR count). The van der Waals surface area contributed by atoms with Crippen LogP contribution >= 0.6 is 0 Å². The first-order valence-electron chi connectivity index (χ1n) is 3.66.